The van der Waals surface area contributed by atoms with Gasteiger partial charge in [-0.3, -0.25) is 8.74 Å². The fourth-order valence-electron chi connectivity index (χ4n) is 2.76. The molecular formula is C17H38NO3S+. The van der Waals surface area contributed by atoms with Crippen LogP contribution in [0.1, 0.15) is 77.6 Å². The topological polar surface area (TPSA) is 46.5 Å². The molecule has 0 aliphatic heterocycles. The number of hydrogen-bond donors (Lipinski definition) is 1. The Hall–Kier alpha value is 0.0300. The molecule has 0 bridgehead atoms. The average Bonchev–Trinajstić information content (AvgIpc) is 2.45. The molecule has 0 fully saturated rings. The van der Waals surface area contributed by atoms with E-state index in [1.807, 2.05) is 0 Å². The maximum absolute atomic E-state index is 10.4. The lowest BCUT2D eigenvalue weighted by Gasteiger charge is -2.29. The van der Waals surface area contributed by atoms with Gasteiger partial charge in [-0.2, -0.15) is 4.21 Å². The van der Waals surface area contributed by atoms with E-state index >= 15 is 0 Å². The van der Waals surface area contributed by atoms with Gasteiger partial charge in [-0.05, 0) is 12.8 Å². The van der Waals surface area contributed by atoms with Gasteiger partial charge in [0.25, 0.3) is 0 Å². The number of unbranched alkanes of at least 4 members (excludes halogenated alkanes) is 9. The van der Waals surface area contributed by atoms with E-state index in [0.717, 1.165) is 17.4 Å². The number of nitrogens with zero attached hydrogens (tertiary/aromatic N) is 1. The maximum Gasteiger partial charge on any atom is 0.301 e. The van der Waals surface area contributed by atoms with Gasteiger partial charge < -0.3 is 4.48 Å². The van der Waals surface area contributed by atoms with E-state index in [1.165, 1.54) is 70.8 Å². The van der Waals surface area contributed by atoms with Crippen molar-refractivity contribution in [2.45, 2.75) is 77.6 Å². The van der Waals surface area contributed by atoms with Crippen molar-refractivity contribution < 1.29 is 17.4 Å². The highest BCUT2D eigenvalue weighted by Gasteiger charge is 2.13. The molecule has 0 spiro atoms. The number of quaternary nitrogens is 1. The monoisotopic (exact) mass is 336 g/mol. The van der Waals surface area contributed by atoms with Crippen LogP contribution in [0, 0.1) is 0 Å². The first kappa shape index (κ1) is 22.0. The van der Waals surface area contributed by atoms with Gasteiger partial charge >= 0.3 is 11.4 Å². The van der Waals surface area contributed by atoms with Crippen LogP contribution in [0.25, 0.3) is 0 Å². The largest absolute Gasteiger partial charge is 0.328 e. The molecule has 0 aromatic carbocycles. The van der Waals surface area contributed by atoms with Gasteiger partial charge in [0, 0.05) is 6.42 Å². The van der Waals surface area contributed by atoms with Gasteiger partial charge in [-0.1, -0.05) is 58.3 Å². The van der Waals surface area contributed by atoms with Crippen molar-refractivity contribution in [1.82, 2.24) is 0 Å². The van der Waals surface area contributed by atoms with Crippen molar-refractivity contribution >= 4 is 11.4 Å². The molecule has 0 heterocycles. The van der Waals surface area contributed by atoms with Gasteiger partial charge in [0.15, 0.2) is 0 Å². The summed E-state index contributed by atoms with van der Waals surface area (Å²) in [7, 11) is 4.45. The van der Waals surface area contributed by atoms with Crippen molar-refractivity contribution in [3.8, 4) is 0 Å². The molecule has 0 saturated heterocycles. The molecule has 0 aromatic rings. The molecule has 1 atom stereocenters. The Balaban J connectivity index is 3.35. The normalized spacial score (nSPS) is 13.5. The molecule has 0 radical (unpaired) electrons. The Labute approximate surface area is 140 Å². The van der Waals surface area contributed by atoms with Crippen molar-refractivity contribution in [2.75, 3.05) is 33.8 Å². The Morgan fingerprint density at radius 3 is 1.77 bits per heavy atom. The Morgan fingerprint density at radius 1 is 0.818 bits per heavy atom. The summed E-state index contributed by atoms with van der Waals surface area (Å²) >= 11 is -2.11. The first-order chi connectivity index (χ1) is 10.5. The molecule has 134 valence electrons. The highest BCUT2D eigenvalue weighted by atomic mass is 32.2. The summed E-state index contributed by atoms with van der Waals surface area (Å²) in [5.41, 5.74) is 0. The first-order valence-corrected chi connectivity index (χ1v) is 10.1. The van der Waals surface area contributed by atoms with Crippen molar-refractivity contribution in [1.29, 1.82) is 0 Å². The van der Waals surface area contributed by atoms with Crippen molar-refractivity contribution in [3.63, 3.8) is 0 Å². The number of hydrogen-bond acceptors (Lipinski definition) is 2. The Bertz CT molecular complexity index is 273. The highest BCUT2D eigenvalue weighted by molar-refractivity contribution is 7.74. The summed E-state index contributed by atoms with van der Waals surface area (Å²) in [5, 5.41) is 0. The fraction of sp³-hybridized carbons (Fsp3) is 1.00. The first-order valence-electron chi connectivity index (χ1n) is 9.04. The molecule has 0 rings (SSSR count). The summed E-state index contributed by atoms with van der Waals surface area (Å²) < 4.78 is 24.5. The molecule has 0 amide bonds. The summed E-state index contributed by atoms with van der Waals surface area (Å²) in [5.74, 6) is 0. The third-order valence-corrected chi connectivity index (χ3v) is 4.58. The second-order valence-corrected chi connectivity index (χ2v) is 7.63. The van der Waals surface area contributed by atoms with E-state index in [9.17, 15) is 4.21 Å². The van der Waals surface area contributed by atoms with E-state index in [1.54, 1.807) is 0 Å². The molecule has 1 N–H and O–H groups in total. The second-order valence-electron chi connectivity index (χ2n) is 6.96. The van der Waals surface area contributed by atoms with Gasteiger partial charge in [0.1, 0.15) is 0 Å². The SMILES string of the molecule is CCCCCCCCCCCC[N+](C)(C)CCCOS(=O)O. The third kappa shape index (κ3) is 16.4. The predicted molar refractivity (Wildman–Crippen MR) is 95.0 cm³/mol. The zero-order chi connectivity index (χ0) is 16.7. The van der Waals surface area contributed by atoms with Crippen LogP contribution in [0.5, 0.6) is 0 Å². The molecule has 0 aliphatic carbocycles. The highest BCUT2D eigenvalue weighted by Crippen LogP contribution is 2.11. The molecular weight excluding hydrogens is 298 g/mol. The lowest BCUT2D eigenvalue weighted by Crippen LogP contribution is -2.41. The van der Waals surface area contributed by atoms with Crippen LogP contribution in [-0.4, -0.2) is 47.0 Å². The van der Waals surface area contributed by atoms with Crippen LogP contribution < -0.4 is 0 Å². The minimum Gasteiger partial charge on any atom is -0.328 e. The summed E-state index contributed by atoms with van der Waals surface area (Å²) in [6, 6.07) is 0. The zero-order valence-corrected chi connectivity index (χ0v) is 15.8. The van der Waals surface area contributed by atoms with Crippen LogP contribution >= 0.6 is 0 Å². The standard InChI is InChI=1S/C17H37NO3S/c1-4-5-6-7-8-9-10-11-12-13-15-18(2,3)16-14-17-21-22(19)20/h4-17H2,1-3H3/p+1. The minimum atomic E-state index is -2.11. The quantitative estimate of drug-likeness (QED) is 0.256. The van der Waals surface area contributed by atoms with Crippen LogP contribution in [0.2, 0.25) is 0 Å². The van der Waals surface area contributed by atoms with Gasteiger partial charge in [0.05, 0.1) is 33.8 Å². The molecule has 22 heavy (non-hydrogen) atoms. The number of rotatable bonds is 16. The van der Waals surface area contributed by atoms with E-state index in [2.05, 4.69) is 25.2 Å². The molecule has 4 nitrogen and oxygen atoms in total. The van der Waals surface area contributed by atoms with Gasteiger partial charge in [-0.25, -0.2) is 0 Å². The van der Waals surface area contributed by atoms with Crippen molar-refractivity contribution in [3.05, 3.63) is 0 Å². The zero-order valence-electron chi connectivity index (χ0n) is 15.0. The van der Waals surface area contributed by atoms with E-state index in [0.29, 0.717) is 6.61 Å². The van der Waals surface area contributed by atoms with Gasteiger partial charge in [-0.15, -0.1) is 0 Å². The lowest BCUT2D eigenvalue weighted by atomic mass is 10.1. The van der Waals surface area contributed by atoms with Gasteiger partial charge in [0.2, 0.25) is 0 Å². The smallest absolute Gasteiger partial charge is 0.301 e. The Morgan fingerprint density at radius 2 is 1.27 bits per heavy atom. The summed E-state index contributed by atoms with van der Waals surface area (Å²) in [6.07, 6.45) is 14.5. The van der Waals surface area contributed by atoms with E-state index in [-0.39, 0.29) is 0 Å². The Kier molecular flexibility index (Phi) is 14.6. The maximum atomic E-state index is 10.4. The van der Waals surface area contributed by atoms with E-state index < -0.39 is 11.4 Å². The van der Waals surface area contributed by atoms with E-state index in [4.69, 9.17) is 4.55 Å². The summed E-state index contributed by atoms with van der Waals surface area (Å²) in [6.45, 7) is 4.80. The predicted octanol–water partition coefficient (Wildman–Crippen LogP) is 4.53. The van der Waals surface area contributed by atoms with Crippen LogP contribution in [0.15, 0.2) is 0 Å². The van der Waals surface area contributed by atoms with Crippen LogP contribution in [0.3, 0.4) is 0 Å². The summed E-state index contributed by atoms with van der Waals surface area (Å²) in [4.78, 5) is 0. The molecule has 5 heteroatoms. The molecule has 0 aliphatic rings. The minimum absolute atomic E-state index is 0.364. The van der Waals surface area contributed by atoms with Crippen LogP contribution in [0.4, 0.5) is 0 Å². The fourth-order valence-corrected chi connectivity index (χ4v) is 3.02. The molecule has 0 aromatic heterocycles. The third-order valence-electron chi connectivity index (χ3n) is 4.21. The molecule has 0 saturated carbocycles. The van der Waals surface area contributed by atoms with Crippen molar-refractivity contribution in [2.24, 2.45) is 0 Å². The lowest BCUT2D eigenvalue weighted by molar-refractivity contribution is -0.890. The average molecular weight is 337 g/mol. The van der Waals surface area contributed by atoms with Crippen LogP contribution in [-0.2, 0) is 15.5 Å². The molecule has 1 unspecified atom stereocenters. The second kappa shape index (κ2) is 14.6.